The van der Waals surface area contributed by atoms with Gasteiger partial charge in [0, 0.05) is 5.56 Å². The first-order valence-electron chi connectivity index (χ1n) is 5.64. The van der Waals surface area contributed by atoms with Crippen LogP contribution >= 0.6 is 24.0 Å². The molecule has 0 radical (unpaired) electrons. The van der Waals surface area contributed by atoms with Crippen molar-refractivity contribution < 1.29 is 19.0 Å². The van der Waals surface area contributed by atoms with Crippen LogP contribution in [0.4, 0.5) is 4.79 Å². The quantitative estimate of drug-likeness (QED) is 0.681. The fourth-order valence-corrected chi connectivity index (χ4v) is 2.82. The number of benzene rings is 1. The average molecular weight is 311 g/mol. The maximum atomic E-state index is 11.3. The van der Waals surface area contributed by atoms with Gasteiger partial charge in [0.15, 0.2) is 11.5 Å². The van der Waals surface area contributed by atoms with Crippen LogP contribution < -0.4 is 19.5 Å². The van der Waals surface area contributed by atoms with Gasteiger partial charge in [0.2, 0.25) is 5.75 Å². The number of amides is 1. The molecule has 1 saturated heterocycles. The number of carbonyl (C=O) groups is 1. The van der Waals surface area contributed by atoms with Crippen molar-refractivity contribution in [2.45, 2.75) is 0 Å². The number of rotatable bonds is 4. The normalized spacial score (nSPS) is 16.2. The van der Waals surface area contributed by atoms with Gasteiger partial charge in [-0.25, -0.2) is 0 Å². The Balaban J connectivity index is 2.50. The number of nitrogens with one attached hydrogen (secondary N) is 1. The molecule has 0 aromatic heterocycles. The zero-order chi connectivity index (χ0) is 14.7. The highest BCUT2D eigenvalue weighted by Gasteiger charge is 2.23. The van der Waals surface area contributed by atoms with E-state index in [0.29, 0.717) is 27.1 Å². The molecular weight excluding hydrogens is 298 g/mol. The Morgan fingerprint density at radius 1 is 1.15 bits per heavy atom. The molecule has 0 bridgehead atoms. The number of thioether (sulfide) groups is 1. The van der Waals surface area contributed by atoms with Crippen LogP contribution in [-0.4, -0.2) is 31.6 Å². The molecular formula is C13H13NO4S2. The summed E-state index contributed by atoms with van der Waals surface area (Å²) in [5, 5.41) is 2.39. The third-order valence-corrected chi connectivity index (χ3v) is 3.94. The van der Waals surface area contributed by atoms with Crippen molar-refractivity contribution in [3.63, 3.8) is 0 Å². The molecule has 5 nitrogen and oxygen atoms in total. The fourth-order valence-electron chi connectivity index (χ4n) is 1.80. The number of carbonyl (C=O) groups excluding carboxylic acids is 1. The van der Waals surface area contributed by atoms with E-state index >= 15 is 0 Å². The van der Waals surface area contributed by atoms with Crippen molar-refractivity contribution in [1.29, 1.82) is 0 Å². The van der Waals surface area contributed by atoms with E-state index in [0.717, 1.165) is 17.3 Å². The third kappa shape index (κ3) is 2.73. The summed E-state index contributed by atoms with van der Waals surface area (Å²) >= 11 is 6.14. The molecule has 1 fully saturated rings. The monoisotopic (exact) mass is 311 g/mol. The van der Waals surface area contributed by atoms with Crippen molar-refractivity contribution in [2.75, 3.05) is 21.3 Å². The van der Waals surface area contributed by atoms with E-state index in [-0.39, 0.29) is 5.24 Å². The highest BCUT2D eigenvalue weighted by Crippen LogP contribution is 2.41. The molecule has 1 amide bonds. The number of methoxy groups -OCH3 is 3. The highest BCUT2D eigenvalue weighted by atomic mass is 32.2. The second-order valence-electron chi connectivity index (χ2n) is 3.78. The molecule has 0 spiro atoms. The van der Waals surface area contributed by atoms with Gasteiger partial charge in [-0.15, -0.1) is 0 Å². The minimum atomic E-state index is -0.180. The predicted octanol–water partition coefficient (Wildman–Crippen LogP) is 2.84. The molecule has 0 aliphatic carbocycles. The van der Waals surface area contributed by atoms with Gasteiger partial charge >= 0.3 is 0 Å². The average Bonchev–Trinajstić information content (AvgIpc) is 2.76. The van der Waals surface area contributed by atoms with Crippen LogP contribution in [0, 0.1) is 0 Å². The van der Waals surface area contributed by atoms with E-state index in [9.17, 15) is 4.79 Å². The zero-order valence-electron chi connectivity index (χ0n) is 11.2. The first kappa shape index (κ1) is 14.7. The van der Waals surface area contributed by atoms with E-state index < -0.39 is 0 Å². The molecule has 1 aliphatic heterocycles. The van der Waals surface area contributed by atoms with Crippen molar-refractivity contribution in [1.82, 2.24) is 5.32 Å². The maximum absolute atomic E-state index is 11.3. The minimum absolute atomic E-state index is 0.180. The van der Waals surface area contributed by atoms with Gasteiger partial charge in [-0.05, 0) is 30.0 Å². The molecule has 1 aromatic carbocycles. The van der Waals surface area contributed by atoms with Crippen LogP contribution in [0.5, 0.6) is 17.2 Å². The molecule has 7 heteroatoms. The Hall–Kier alpha value is -1.73. The van der Waals surface area contributed by atoms with Gasteiger partial charge in [0.25, 0.3) is 5.24 Å². The SMILES string of the molecule is COc1ccc(C=C2SC(=O)NC2=S)c(OC)c1OC. The second kappa shape index (κ2) is 6.15. The van der Waals surface area contributed by atoms with E-state index in [1.54, 1.807) is 26.4 Å². The van der Waals surface area contributed by atoms with E-state index in [1.165, 1.54) is 7.11 Å². The molecule has 1 N–H and O–H groups in total. The molecule has 1 heterocycles. The molecule has 106 valence electrons. The lowest BCUT2D eigenvalue weighted by atomic mass is 10.1. The summed E-state index contributed by atoms with van der Waals surface area (Å²) in [6, 6.07) is 3.59. The van der Waals surface area contributed by atoms with Gasteiger partial charge in [-0.1, -0.05) is 12.2 Å². The summed E-state index contributed by atoms with van der Waals surface area (Å²) in [5.41, 5.74) is 0.756. The smallest absolute Gasteiger partial charge is 0.289 e. The molecule has 0 saturated carbocycles. The van der Waals surface area contributed by atoms with Crippen LogP contribution in [-0.2, 0) is 0 Å². The summed E-state index contributed by atoms with van der Waals surface area (Å²) < 4.78 is 15.9. The Morgan fingerprint density at radius 3 is 2.35 bits per heavy atom. The van der Waals surface area contributed by atoms with Crippen molar-refractivity contribution >= 4 is 40.3 Å². The van der Waals surface area contributed by atoms with Crippen LogP contribution in [0.25, 0.3) is 6.08 Å². The molecule has 2 rings (SSSR count). The summed E-state index contributed by atoms with van der Waals surface area (Å²) in [6.45, 7) is 0. The maximum Gasteiger partial charge on any atom is 0.289 e. The first-order chi connectivity index (χ1) is 9.60. The molecule has 1 aliphatic rings. The summed E-state index contributed by atoms with van der Waals surface area (Å²) in [5.74, 6) is 1.60. The number of ether oxygens (including phenoxy) is 3. The number of thiocarbonyl (C=S) groups is 1. The van der Waals surface area contributed by atoms with Gasteiger partial charge in [-0.3, -0.25) is 4.79 Å². The third-order valence-electron chi connectivity index (χ3n) is 2.66. The zero-order valence-corrected chi connectivity index (χ0v) is 12.8. The van der Waals surface area contributed by atoms with Gasteiger partial charge < -0.3 is 19.5 Å². The lowest BCUT2D eigenvalue weighted by Gasteiger charge is -2.14. The van der Waals surface area contributed by atoms with Crippen LogP contribution in [0.2, 0.25) is 0 Å². The lowest BCUT2D eigenvalue weighted by molar-refractivity contribution is 0.265. The molecule has 1 aromatic rings. The fraction of sp³-hybridized carbons (Fsp3) is 0.231. The summed E-state index contributed by atoms with van der Waals surface area (Å²) in [7, 11) is 4.64. The van der Waals surface area contributed by atoms with Crippen LogP contribution in [0.3, 0.4) is 0 Å². The Kier molecular flexibility index (Phi) is 4.51. The van der Waals surface area contributed by atoms with Crippen LogP contribution in [0.1, 0.15) is 5.56 Å². The molecule has 20 heavy (non-hydrogen) atoms. The van der Waals surface area contributed by atoms with Crippen molar-refractivity contribution in [3.8, 4) is 17.2 Å². The van der Waals surface area contributed by atoms with E-state index in [1.807, 2.05) is 6.07 Å². The molecule has 0 atom stereocenters. The standard InChI is InChI=1S/C13H13NO4S2/c1-16-8-5-4-7(10(17-2)11(8)18-3)6-9-12(19)14-13(15)20-9/h4-6H,1-3H3,(H,14,15,19). The Morgan fingerprint density at radius 2 is 1.85 bits per heavy atom. The minimum Gasteiger partial charge on any atom is -0.493 e. The van der Waals surface area contributed by atoms with Crippen molar-refractivity contribution in [3.05, 3.63) is 22.6 Å². The Bertz CT molecular complexity index is 598. The number of hydrogen-bond acceptors (Lipinski definition) is 6. The largest absolute Gasteiger partial charge is 0.493 e. The van der Waals surface area contributed by atoms with Crippen LogP contribution in [0.15, 0.2) is 17.0 Å². The second-order valence-corrected chi connectivity index (χ2v) is 5.20. The van der Waals surface area contributed by atoms with E-state index in [4.69, 9.17) is 26.4 Å². The molecule has 0 unspecified atom stereocenters. The first-order valence-corrected chi connectivity index (χ1v) is 6.87. The number of hydrogen-bond donors (Lipinski definition) is 1. The highest BCUT2D eigenvalue weighted by molar-refractivity contribution is 8.19. The van der Waals surface area contributed by atoms with Gasteiger partial charge in [0.05, 0.1) is 26.2 Å². The van der Waals surface area contributed by atoms with Crippen molar-refractivity contribution in [2.24, 2.45) is 0 Å². The van der Waals surface area contributed by atoms with E-state index in [2.05, 4.69) is 5.32 Å². The van der Waals surface area contributed by atoms with Gasteiger partial charge in [0.1, 0.15) is 4.99 Å². The van der Waals surface area contributed by atoms with Gasteiger partial charge in [-0.2, -0.15) is 0 Å². The summed E-state index contributed by atoms with van der Waals surface area (Å²) in [6.07, 6.45) is 1.78. The Labute approximate surface area is 126 Å². The predicted molar refractivity (Wildman–Crippen MR) is 82.8 cm³/mol. The lowest BCUT2D eigenvalue weighted by Crippen LogP contribution is -2.15. The topological polar surface area (TPSA) is 56.8 Å². The summed E-state index contributed by atoms with van der Waals surface area (Å²) in [4.78, 5) is 12.4.